The van der Waals surface area contributed by atoms with Crippen LogP contribution in [0.25, 0.3) is 10.9 Å². The molecule has 1 aliphatic rings. The van der Waals surface area contributed by atoms with Gasteiger partial charge in [0.15, 0.2) is 0 Å². The highest BCUT2D eigenvalue weighted by molar-refractivity contribution is 7.91. The van der Waals surface area contributed by atoms with Crippen LogP contribution in [0.5, 0.6) is 5.75 Å². The van der Waals surface area contributed by atoms with E-state index in [0.29, 0.717) is 41.4 Å². The zero-order valence-corrected chi connectivity index (χ0v) is 18.0. The highest BCUT2D eigenvalue weighted by Gasteiger charge is 2.31. The molecule has 4 rings (SSSR count). The summed E-state index contributed by atoms with van der Waals surface area (Å²) in [6, 6.07) is 11.0. The molecule has 0 unspecified atom stereocenters. The zero-order valence-electron chi connectivity index (χ0n) is 16.5. The molecule has 1 amide bonds. The molecule has 8 heteroatoms. The van der Waals surface area contributed by atoms with Crippen LogP contribution >= 0.6 is 11.6 Å². The smallest absolute Gasteiger partial charge is 0.256 e. The van der Waals surface area contributed by atoms with Crippen LogP contribution in [0, 0.1) is 0 Å². The third-order valence-electron chi connectivity index (χ3n) is 5.12. The van der Waals surface area contributed by atoms with E-state index in [2.05, 4.69) is 4.98 Å². The number of pyridine rings is 1. The maximum Gasteiger partial charge on any atom is 0.256 e. The minimum Gasteiger partial charge on any atom is -0.494 e. The molecule has 0 saturated carbocycles. The molecular weight excluding hydrogens is 424 g/mol. The van der Waals surface area contributed by atoms with E-state index in [1.807, 2.05) is 6.92 Å². The number of carbonyl (C=O) groups excluding carboxylic acids is 1. The van der Waals surface area contributed by atoms with Gasteiger partial charge in [0.25, 0.3) is 5.91 Å². The summed E-state index contributed by atoms with van der Waals surface area (Å²) < 4.78 is 32.8. The minimum atomic E-state index is -4.02. The van der Waals surface area contributed by atoms with Crippen LogP contribution in [0.1, 0.15) is 30.1 Å². The Morgan fingerprint density at radius 1 is 1.13 bits per heavy atom. The van der Waals surface area contributed by atoms with Crippen molar-refractivity contribution >= 4 is 38.2 Å². The summed E-state index contributed by atoms with van der Waals surface area (Å²) in [6.07, 6.45) is 3.16. The Balaban J connectivity index is 1.93. The van der Waals surface area contributed by atoms with Crippen molar-refractivity contribution in [3.05, 3.63) is 59.2 Å². The van der Waals surface area contributed by atoms with Gasteiger partial charge in [0.2, 0.25) is 9.84 Å². The molecule has 30 heavy (non-hydrogen) atoms. The number of halogens is 1. The first-order chi connectivity index (χ1) is 14.4. The number of ether oxygens (including phenoxy) is 1. The van der Waals surface area contributed by atoms with Gasteiger partial charge in [-0.1, -0.05) is 11.6 Å². The predicted molar refractivity (Wildman–Crippen MR) is 115 cm³/mol. The molecule has 0 radical (unpaired) electrons. The highest BCUT2D eigenvalue weighted by Crippen LogP contribution is 2.33. The second-order valence-corrected chi connectivity index (χ2v) is 9.39. The molecule has 2 heterocycles. The molecule has 1 fully saturated rings. The average Bonchev–Trinajstić information content (AvgIpc) is 3.28. The van der Waals surface area contributed by atoms with Gasteiger partial charge in [0.05, 0.1) is 27.5 Å². The lowest BCUT2D eigenvalue weighted by atomic mass is 10.1. The minimum absolute atomic E-state index is 0.0592. The number of amides is 1. The predicted octanol–water partition coefficient (Wildman–Crippen LogP) is 4.36. The van der Waals surface area contributed by atoms with Gasteiger partial charge < -0.3 is 9.64 Å². The maximum absolute atomic E-state index is 13.7. The summed E-state index contributed by atoms with van der Waals surface area (Å²) in [5.74, 6) is 0.249. The van der Waals surface area contributed by atoms with Crippen LogP contribution in [0.4, 0.5) is 0 Å². The Morgan fingerprint density at radius 3 is 2.50 bits per heavy atom. The molecule has 0 bridgehead atoms. The number of sulfone groups is 1. The molecule has 0 spiro atoms. The number of hydrogen-bond acceptors (Lipinski definition) is 5. The monoisotopic (exact) mass is 444 g/mol. The van der Waals surface area contributed by atoms with Crippen molar-refractivity contribution in [2.75, 3.05) is 19.7 Å². The molecule has 1 saturated heterocycles. The molecular formula is C22H21ClN2O4S. The third kappa shape index (κ3) is 3.75. The lowest BCUT2D eigenvalue weighted by Gasteiger charge is -2.19. The molecule has 1 aromatic heterocycles. The van der Waals surface area contributed by atoms with Crippen molar-refractivity contribution in [2.45, 2.75) is 29.6 Å². The molecule has 3 aromatic rings. The van der Waals surface area contributed by atoms with Crippen LogP contribution in [0.15, 0.2) is 58.5 Å². The topological polar surface area (TPSA) is 76.6 Å². The first-order valence-corrected chi connectivity index (χ1v) is 11.6. The van der Waals surface area contributed by atoms with Gasteiger partial charge in [-0.3, -0.25) is 9.78 Å². The zero-order chi connectivity index (χ0) is 21.3. The SMILES string of the molecule is CCOc1ccc(S(=O)(=O)c2c(C(=O)N3CCCC3)cnc3ccc(Cl)cc23)cc1. The van der Waals surface area contributed by atoms with Crippen LogP contribution in [-0.4, -0.2) is 43.9 Å². The van der Waals surface area contributed by atoms with Crippen LogP contribution in [0.2, 0.25) is 5.02 Å². The maximum atomic E-state index is 13.7. The quantitative estimate of drug-likeness (QED) is 0.584. The number of nitrogens with zero attached hydrogens (tertiary/aromatic N) is 2. The molecule has 1 aliphatic heterocycles. The van der Waals surface area contributed by atoms with Gasteiger partial charge in [-0.05, 0) is 62.2 Å². The van der Waals surface area contributed by atoms with E-state index >= 15 is 0 Å². The van der Waals surface area contributed by atoms with E-state index in [4.69, 9.17) is 16.3 Å². The van der Waals surface area contributed by atoms with E-state index < -0.39 is 9.84 Å². The number of fused-ring (bicyclic) bond motifs is 1. The lowest BCUT2D eigenvalue weighted by molar-refractivity contribution is 0.0789. The van der Waals surface area contributed by atoms with E-state index in [1.54, 1.807) is 35.2 Å². The van der Waals surface area contributed by atoms with Crippen molar-refractivity contribution in [3.63, 3.8) is 0 Å². The van der Waals surface area contributed by atoms with E-state index in [1.165, 1.54) is 18.3 Å². The number of hydrogen-bond donors (Lipinski definition) is 0. The number of carbonyl (C=O) groups is 1. The Morgan fingerprint density at radius 2 is 1.83 bits per heavy atom. The van der Waals surface area contributed by atoms with Gasteiger partial charge in [-0.2, -0.15) is 0 Å². The van der Waals surface area contributed by atoms with Gasteiger partial charge >= 0.3 is 0 Å². The van der Waals surface area contributed by atoms with E-state index in [-0.39, 0.29) is 21.3 Å². The van der Waals surface area contributed by atoms with E-state index in [9.17, 15) is 13.2 Å². The third-order valence-corrected chi connectivity index (χ3v) is 7.22. The summed E-state index contributed by atoms with van der Waals surface area (Å²) in [5.41, 5.74) is 0.530. The number of rotatable bonds is 5. The number of benzene rings is 2. The fourth-order valence-corrected chi connectivity index (χ4v) is 5.46. The van der Waals surface area contributed by atoms with Crippen LogP contribution in [0.3, 0.4) is 0 Å². The van der Waals surface area contributed by atoms with Gasteiger partial charge in [0, 0.05) is 29.7 Å². The summed E-state index contributed by atoms with van der Waals surface area (Å²) in [6.45, 7) is 3.55. The Labute approximate surface area is 180 Å². The van der Waals surface area contributed by atoms with Crippen LogP contribution < -0.4 is 4.74 Å². The van der Waals surface area contributed by atoms with Crippen LogP contribution in [-0.2, 0) is 9.84 Å². The summed E-state index contributed by atoms with van der Waals surface area (Å²) in [4.78, 5) is 19.2. The average molecular weight is 445 g/mol. The number of likely N-dealkylation sites (tertiary alicyclic amines) is 1. The van der Waals surface area contributed by atoms with Crippen molar-refractivity contribution in [1.29, 1.82) is 0 Å². The Bertz CT molecular complexity index is 1200. The molecule has 6 nitrogen and oxygen atoms in total. The first kappa shape index (κ1) is 20.6. The van der Waals surface area contributed by atoms with E-state index in [0.717, 1.165) is 12.8 Å². The van der Waals surface area contributed by atoms with Gasteiger partial charge in [0.1, 0.15) is 5.75 Å². The summed E-state index contributed by atoms with van der Waals surface area (Å²) in [7, 11) is -4.02. The fourth-order valence-electron chi connectivity index (χ4n) is 3.67. The lowest BCUT2D eigenvalue weighted by Crippen LogP contribution is -2.29. The number of aromatic nitrogens is 1. The first-order valence-electron chi connectivity index (χ1n) is 9.77. The van der Waals surface area contributed by atoms with Gasteiger partial charge in [-0.15, -0.1) is 0 Å². The van der Waals surface area contributed by atoms with Crippen molar-refractivity contribution < 1.29 is 17.9 Å². The summed E-state index contributed by atoms with van der Waals surface area (Å²) >= 11 is 6.17. The molecule has 2 aromatic carbocycles. The molecule has 156 valence electrons. The molecule has 0 atom stereocenters. The van der Waals surface area contributed by atoms with Crippen molar-refractivity contribution in [2.24, 2.45) is 0 Å². The summed E-state index contributed by atoms with van der Waals surface area (Å²) in [5, 5.41) is 0.708. The largest absolute Gasteiger partial charge is 0.494 e. The van der Waals surface area contributed by atoms with Crippen molar-refractivity contribution in [1.82, 2.24) is 9.88 Å². The Kier molecular flexibility index (Phi) is 5.66. The Hall–Kier alpha value is -2.64. The van der Waals surface area contributed by atoms with Gasteiger partial charge in [-0.25, -0.2) is 8.42 Å². The fraction of sp³-hybridized carbons (Fsp3) is 0.273. The normalized spacial score (nSPS) is 14.3. The standard InChI is InChI=1S/C22H21ClN2O4S/c1-2-29-16-6-8-17(9-7-16)30(27,28)21-18-13-15(23)5-10-20(18)24-14-19(21)22(26)25-11-3-4-12-25/h5-10,13-14H,2-4,11-12H2,1H3. The molecule has 0 N–H and O–H groups in total. The molecule has 0 aliphatic carbocycles. The second-order valence-electron chi connectivity index (χ2n) is 7.07. The van der Waals surface area contributed by atoms with Crippen molar-refractivity contribution in [3.8, 4) is 5.75 Å². The highest BCUT2D eigenvalue weighted by atomic mass is 35.5. The second kappa shape index (κ2) is 8.24.